The third-order valence-electron chi connectivity index (χ3n) is 3.58. The van der Waals surface area contributed by atoms with E-state index in [1.807, 2.05) is 44.2 Å². The molecular weight excluding hydrogens is 312 g/mol. The Balaban J connectivity index is 2.11. The van der Waals surface area contributed by atoms with E-state index in [0.717, 1.165) is 23.2 Å². The normalized spacial score (nSPS) is 12.3. The molecule has 1 heterocycles. The predicted octanol–water partition coefficient (Wildman–Crippen LogP) is 2.95. The van der Waals surface area contributed by atoms with Crippen molar-refractivity contribution in [2.45, 2.75) is 26.3 Å². The smallest absolute Gasteiger partial charge is 0.233 e. The molecule has 2 rings (SSSR count). The lowest BCUT2D eigenvalue weighted by atomic mass is 10.2. The minimum absolute atomic E-state index is 0.00828. The van der Waals surface area contributed by atoms with E-state index in [4.69, 9.17) is 10.2 Å². The first kappa shape index (κ1) is 17.4. The fourth-order valence-corrected chi connectivity index (χ4v) is 3.10. The molecular formula is C17H22N2O3S. The highest BCUT2D eigenvalue weighted by Gasteiger charge is 2.23. The molecule has 23 heavy (non-hydrogen) atoms. The first-order valence-electron chi connectivity index (χ1n) is 7.67. The number of benzene rings is 1. The molecule has 0 unspecified atom stereocenters. The van der Waals surface area contributed by atoms with Crippen LogP contribution >= 0.6 is 11.8 Å². The quantitative estimate of drug-likeness (QED) is 0.805. The van der Waals surface area contributed by atoms with Crippen LogP contribution in [0.5, 0.6) is 0 Å². The molecule has 2 N–H and O–H groups in total. The molecule has 0 aliphatic carbocycles. The molecule has 0 spiro atoms. The number of fused-ring (bicyclic) bond motifs is 1. The maximum atomic E-state index is 12.5. The summed E-state index contributed by atoms with van der Waals surface area (Å²) in [5.74, 6) is 0.757. The zero-order valence-corrected chi connectivity index (χ0v) is 14.3. The number of carbonyl (C=O) groups is 2. The maximum absolute atomic E-state index is 12.5. The molecule has 0 radical (unpaired) electrons. The first-order valence-corrected chi connectivity index (χ1v) is 8.82. The van der Waals surface area contributed by atoms with Gasteiger partial charge >= 0.3 is 0 Å². The van der Waals surface area contributed by atoms with Crippen LogP contribution in [0.1, 0.15) is 32.1 Å². The number of hydrogen-bond donors (Lipinski definition) is 1. The Kier molecular flexibility index (Phi) is 6.10. The van der Waals surface area contributed by atoms with E-state index in [-0.39, 0.29) is 23.5 Å². The van der Waals surface area contributed by atoms with E-state index < -0.39 is 5.91 Å². The van der Waals surface area contributed by atoms with Crippen molar-refractivity contribution in [2.75, 3.05) is 18.1 Å². The van der Waals surface area contributed by atoms with Gasteiger partial charge in [-0.3, -0.25) is 9.59 Å². The largest absolute Gasteiger partial charge is 0.459 e. The fourth-order valence-electron chi connectivity index (χ4n) is 2.46. The lowest BCUT2D eigenvalue weighted by Crippen LogP contribution is -2.35. The second-order valence-electron chi connectivity index (χ2n) is 5.41. The Morgan fingerprint density at radius 2 is 2.04 bits per heavy atom. The summed E-state index contributed by atoms with van der Waals surface area (Å²) in [6.45, 7) is 4.64. The molecule has 0 aliphatic heterocycles. The molecule has 6 heteroatoms. The van der Waals surface area contributed by atoms with Gasteiger partial charge in [0.05, 0.1) is 17.5 Å². The van der Waals surface area contributed by atoms with E-state index in [1.165, 1.54) is 11.8 Å². The summed E-state index contributed by atoms with van der Waals surface area (Å²) in [5.41, 5.74) is 5.93. The minimum atomic E-state index is -0.407. The van der Waals surface area contributed by atoms with Gasteiger partial charge in [0.25, 0.3) is 0 Å². The molecule has 5 nitrogen and oxygen atoms in total. The van der Waals surface area contributed by atoms with Crippen molar-refractivity contribution in [3.63, 3.8) is 0 Å². The Labute approximate surface area is 140 Å². The molecule has 1 aromatic heterocycles. The molecule has 124 valence electrons. The molecule has 0 aliphatic rings. The molecule has 0 saturated heterocycles. The molecule has 2 aromatic rings. The van der Waals surface area contributed by atoms with Gasteiger partial charge in [-0.1, -0.05) is 25.1 Å². The van der Waals surface area contributed by atoms with Crippen molar-refractivity contribution in [3.8, 4) is 0 Å². The summed E-state index contributed by atoms with van der Waals surface area (Å²) in [7, 11) is 0. The highest BCUT2D eigenvalue weighted by atomic mass is 32.2. The van der Waals surface area contributed by atoms with Crippen LogP contribution in [0.15, 0.2) is 34.7 Å². The number of hydrogen-bond acceptors (Lipinski definition) is 4. The van der Waals surface area contributed by atoms with Gasteiger partial charge in [-0.25, -0.2) is 0 Å². The molecule has 1 atom stereocenters. The van der Waals surface area contributed by atoms with Crippen LogP contribution in [-0.4, -0.2) is 34.8 Å². The summed E-state index contributed by atoms with van der Waals surface area (Å²) in [6.07, 6.45) is 0.858. The zero-order chi connectivity index (χ0) is 16.8. The summed E-state index contributed by atoms with van der Waals surface area (Å²) in [6, 6.07) is 9.62. The summed E-state index contributed by atoms with van der Waals surface area (Å²) >= 11 is 1.24. The average Bonchev–Trinajstić information content (AvgIpc) is 2.95. The zero-order valence-electron chi connectivity index (χ0n) is 13.5. The number of nitrogens with two attached hydrogens (primary N) is 1. The Bertz CT molecular complexity index is 650. The van der Waals surface area contributed by atoms with Gasteiger partial charge in [0.1, 0.15) is 11.3 Å². The monoisotopic (exact) mass is 334 g/mol. The van der Waals surface area contributed by atoms with Gasteiger partial charge in [-0.2, -0.15) is 0 Å². The van der Waals surface area contributed by atoms with Crippen molar-refractivity contribution in [1.29, 1.82) is 0 Å². The number of para-hydroxylation sites is 1. The van der Waals surface area contributed by atoms with Crippen LogP contribution in [0.3, 0.4) is 0 Å². The lowest BCUT2D eigenvalue weighted by Gasteiger charge is -2.27. The Morgan fingerprint density at radius 1 is 1.30 bits per heavy atom. The van der Waals surface area contributed by atoms with Gasteiger partial charge in [0.15, 0.2) is 0 Å². The summed E-state index contributed by atoms with van der Waals surface area (Å²) in [5, 5.41) is 1.03. The number of thioether (sulfide) groups is 1. The number of rotatable bonds is 8. The van der Waals surface area contributed by atoms with E-state index in [9.17, 15) is 9.59 Å². The molecule has 0 bridgehead atoms. The second-order valence-corrected chi connectivity index (χ2v) is 6.39. The molecule has 0 fully saturated rings. The van der Waals surface area contributed by atoms with Crippen molar-refractivity contribution >= 4 is 34.5 Å². The van der Waals surface area contributed by atoms with Gasteiger partial charge in [-0.15, -0.1) is 11.8 Å². The average molecular weight is 334 g/mol. The van der Waals surface area contributed by atoms with Crippen LogP contribution in [0, 0.1) is 0 Å². The van der Waals surface area contributed by atoms with E-state index >= 15 is 0 Å². The highest BCUT2D eigenvalue weighted by molar-refractivity contribution is 8.00. The van der Waals surface area contributed by atoms with Crippen LogP contribution in [-0.2, 0) is 9.59 Å². The van der Waals surface area contributed by atoms with Crippen LogP contribution in [0.25, 0.3) is 11.0 Å². The highest BCUT2D eigenvalue weighted by Crippen LogP contribution is 2.28. The predicted molar refractivity (Wildman–Crippen MR) is 93.2 cm³/mol. The van der Waals surface area contributed by atoms with Crippen LogP contribution in [0.4, 0.5) is 0 Å². The molecule has 1 aromatic carbocycles. The summed E-state index contributed by atoms with van der Waals surface area (Å²) < 4.78 is 5.88. The fraction of sp³-hybridized carbons (Fsp3) is 0.412. The number of amides is 2. The number of furan rings is 1. The first-order chi connectivity index (χ1) is 11.0. The number of carbonyl (C=O) groups excluding carboxylic acids is 2. The second kappa shape index (κ2) is 8.06. The van der Waals surface area contributed by atoms with Crippen molar-refractivity contribution in [2.24, 2.45) is 5.73 Å². The van der Waals surface area contributed by atoms with Gasteiger partial charge < -0.3 is 15.1 Å². The topological polar surface area (TPSA) is 76.5 Å². The van der Waals surface area contributed by atoms with Crippen molar-refractivity contribution in [1.82, 2.24) is 4.90 Å². The number of primary amides is 1. The molecule has 0 saturated carbocycles. The SMILES string of the molecule is CCCN(C(=O)CSCC(N)=O)[C@@H](C)c1cc2ccccc2o1. The third kappa shape index (κ3) is 4.51. The van der Waals surface area contributed by atoms with Crippen LogP contribution in [0.2, 0.25) is 0 Å². The van der Waals surface area contributed by atoms with E-state index in [2.05, 4.69) is 0 Å². The van der Waals surface area contributed by atoms with Gasteiger partial charge in [0.2, 0.25) is 11.8 Å². The van der Waals surface area contributed by atoms with E-state index in [1.54, 1.807) is 4.90 Å². The van der Waals surface area contributed by atoms with Crippen molar-refractivity contribution < 1.29 is 14.0 Å². The van der Waals surface area contributed by atoms with Crippen LogP contribution < -0.4 is 5.73 Å². The van der Waals surface area contributed by atoms with Crippen molar-refractivity contribution in [3.05, 3.63) is 36.1 Å². The third-order valence-corrected chi connectivity index (χ3v) is 4.52. The lowest BCUT2D eigenvalue weighted by molar-refractivity contribution is -0.130. The Hall–Kier alpha value is -1.95. The molecule has 2 amide bonds. The Morgan fingerprint density at radius 3 is 2.70 bits per heavy atom. The standard InChI is InChI=1S/C17H22N2O3S/c1-3-8-19(17(21)11-23-10-16(18)20)12(2)15-9-13-6-4-5-7-14(13)22-15/h4-7,9,12H,3,8,10-11H2,1-2H3,(H2,18,20)/t12-/m0/s1. The maximum Gasteiger partial charge on any atom is 0.233 e. The minimum Gasteiger partial charge on any atom is -0.459 e. The van der Waals surface area contributed by atoms with Gasteiger partial charge in [-0.05, 0) is 25.5 Å². The van der Waals surface area contributed by atoms with E-state index in [0.29, 0.717) is 6.54 Å². The summed E-state index contributed by atoms with van der Waals surface area (Å²) in [4.78, 5) is 25.0. The number of nitrogens with zero attached hydrogens (tertiary/aromatic N) is 1. The van der Waals surface area contributed by atoms with Gasteiger partial charge in [0, 0.05) is 11.9 Å².